The molecule has 1 aliphatic heterocycles. The fourth-order valence-electron chi connectivity index (χ4n) is 4.61. The molecule has 1 saturated carbocycles. The Balaban J connectivity index is 1.35. The average Bonchev–Trinajstić information content (AvgIpc) is 3.06. The van der Waals surface area contributed by atoms with Crippen LogP contribution in [-0.2, 0) is 4.79 Å². The van der Waals surface area contributed by atoms with E-state index in [2.05, 4.69) is 27.8 Å². The van der Waals surface area contributed by atoms with Gasteiger partial charge in [0.25, 0.3) is 0 Å². The molecule has 1 aromatic heterocycles. The lowest BCUT2D eigenvalue weighted by molar-refractivity contribution is -0.127. The van der Waals surface area contributed by atoms with E-state index in [1.165, 1.54) is 57.3 Å². The van der Waals surface area contributed by atoms with Gasteiger partial charge < -0.3 is 4.90 Å². The molecule has 4 nitrogen and oxygen atoms in total. The molecule has 0 spiro atoms. The second-order valence-corrected chi connectivity index (χ2v) is 8.63. The number of hydrogen-bond donors (Lipinski definition) is 0. The zero-order valence-electron chi connectivity index (χ0n) is 16.3. The maximum absolute atomic E-state index is 12.1. The van der Waals surface area contributed by atoms with Gasteiger partial charge in [-0.15, -0.1) is 0 Å². The number of rotatable bonds is 6. The van der Waals surface area contributed by atoms with E-state index in [-0.39, 0.29) is 5.92 Å². The van der Waals surface area contributed by atoms with E-state index in [4.69, 9.17) is 0 Å². The molecule has 0 unspecified atom stereocenters. The average molecular weight is 346 g/mol. The van der Waals surface area contributed by atoms with Crippen LogP contribution in [0.15, 0.2) is 12.4 Å². The summed E-state index contributed by atoms with van der Waals surface area (Å²) in [5.74, 6) is 1.89. The zero-order chi connectivity index (χ0) is 17.8. The number of ketones is 1. The zero-order valence-corrected chi connectivity index (χ0v) is 16.3. The molecule has 3 rings (SSSR count). The maximum Gasteiger partial charge on any atom is 0.138 e. The number of piperidine rings is 1. The molecule has 2 fully saturated rings. The molecule has 1 aliphatic carbocycles. The third-order valence-electron chi connectivity index (χ3n) is 6.33. The number of aromatic nitrogens is 2. The van der Waals surface area contributed by atoms with Crippen molar-refractivity contribution in [1.29, 1.82) is 0 Å². The molecule has 0 bridgehead atoms. The molecule has 140 valence electrons. The molecule has 1 aromatic rings. The molecule has 4 heteroatoms. The van der Waals surface area contributed by atoms with Crippen LogP contribution < -0.4 is 0 Å². The Labute approximate surface area is 153 Å². The smallest absolute Gasteiger partial charge is 0.138 e. The van der Waals surface area contributed by atoms with E-state index < -0.39 is 0 Å². The van der Waals surface area contributed by atoms with Gasteiger partial charge >= 0.3 is 0 Å². The summed E-state index contributed by atoms with van der Waals surface area (Å²) in [4.78, 5) is 14.8. The van der Waals surface area contributed by atoms with E-state index >= 15 is 0 Å². The number of nitrogens with zero attached hydrogens (tertiary/aromatic N) is 3. The van der Waals surface area contributed by atoms with Gasteiger partial charge in [0, 0.05) is 31.1 Å². The molecule has 0 N–H and O–H groups in total. The van der Waals surface area contributed by atoms with E-state index in [1.807, 2.05) is 20.0 Å². The summed E-state index contributed by atoms with van der Waals surface area (Å²) in [6.45, 7) is 9.83. The maximum atomic E-state index is 12.1. The van der Waals surface area contributed by atoms with Crippen molar-refractivity contribution in [2.45, 2.75) is 71.8 Å². The topological polar surface area (TPSA) is 38.1 Å². The van der Waals surface area contributed by atoms with Gasteiger partial charge in [0.15, 0.2) is 0 Å². The molecule has 0 radical (unpaired) electrons. The van der Waals surface area contributed by atoms with Gasteiger partial charge in [-0.25, -0.2) is 0 Å². The van der Waals surface area contributed by atoms with Crippen molar-refractivity contribution in [2.24, 2.45) is 17.8 Å². The molecule has 0 amide bonds. The van der Waals surface area contributed by atoms with Crippen molar-refractivity contribution in [3.05, 3.63) is 18.0 Å². The van der Waals surface area contributed by atoms with E-state index in [9.17, 15) is 4.79 Å². The molecular weight excluding hydrogens is 310 g/mol. The largest absolute Gasteiger partial charge is 0.303 e. The van der Waals surface area contributed by atoms with Crippen LogP contribution in [0.1, 0.15) is 70.4 Å². The van der Waals surface area contributed by atoms with Gasteiger partial charge in [0.1, 0.15) is 5.78 Å². The molecule has 1 saturated heterocycles. The van der Waals surface area contributed by atoms with E-state index in [1.54, 1.807) is 0 Å². The highest BCUT2D eigenvalue weighted by atomic mass is 16.1. The van der Waals surface area contributed by atoms with Gasteiger partial charge in [-0.2, -0.15) is 5.10 Å². The molecule has 2 heterocycles. The Morgan fingerprint density at radius 3 is 2.40 bits per heavy atom. The summed E-state index contributed by atoms with van der Waals surface area (Å²) < 4.78 is 2.17. The summed E-state index contributed by atoms with van der Waals surface area (Å²) in [6.07, 6.45) is 12.7. The quantitative estimate of drug-likeness (QED) is 0.773. The lowest BCUT2D eigenvalue weighted by Gasteiger charge is -2.34. The van der Waals surface area contributed by atoms with Crippen LogP contribution in [0.3, 0.4) is 0 Å². The highest BCUT2D eigenvalue weighted by Gasteiger charge is 2.28. The first kappa shape index (κ1) is 18.6. The van der Waals surface area contributed by atoms with Crippen molar-refractivity contribution in [3.63, 3.8) is 0 Å². The Hall–Kier alpha value is -1.16. The Morgan fingerprint density at radius 1 is 1.16 bits per heavy atom. The van der Waals surface area contributed by atoms with Crippen LogP contribution in [-0.4, -0.2) is 40.1 Å². The summed E-state index contributed by atoms with van der Waals surface area (Å²) in [7, 11) is 0. The second kappa shape index (κ2) is 8.48. The van der Waals surface area contributed by atoms with Crippen molar-refractivity contribution in [3.8, 4) is 0 Å². The minimum Gasteiger partial charge on any atom is -0.303 e. The standard InChI is InChI=1S/C21H35N3O/c1-16(2)21(25)19-6-4-18(5-7-19)8-11-23-12-9-20(10-13-23)24-15-17(3)14-22-24/h14-16,18-20H,4-13H2,1-3H3. The van der Waals surface area contributed by atoms with Gasteiger partial charge in [0.05, 0.1) is 12.2 Å². The van der Waals surface area contributed by atoms with Gasteiger partial charge in [-0.3, -0.25) is 9.48 Å². The Morgan fingerprint density at radius 2 is 1.84 bits per heavy atom. The third kappa shape index (κ3) is 4.93. The number of carbonyl (C=O) groups is 1. The van der Waals surface area contributed by atoms with Crippen molar-refractivity contribution >= 4 is 5.78 Å². The molecular formula is C21H35N3O. The van der Waals surface area contributed by atoms with Crippen LogP contribution in [0.5, 0.6) is 0 Å². The van der Waals surface area contributed by atoms with Crippen LogP contribution in [0, 0.1) is 24.7 Å². The lowest BCUT2D eigenvalue weighted by atomic mass is 9.77. The van der Waals surface area contributed by atoms with Crippen molar-refractivity contribution in [2.75, 3.05) is 19.6 Å². The van der Waals surface area contributed by atoms with Crippen molar-refractivity contribution in [1.82, 2.24) is 14.7 Å². The highest BCUT2D eigenvalue weighted by molar-refractivity contribution is 5.82. The number of Topliss-reactive ketones (excluding diaryl/α,β-unsaturated/α-hetero) is 1. The fourth-order valence-corrected chi connectivity index (χ4v) is 4.61. The molecule has 25 heavy (non-hydrogen) atoms. The number of carbonyl (C=O) groups excluding carboxylic acids is 1. The van der Waals surface area contributed by atoms with E-state index in [0.29, 0.717) is 17.7 Å². The van der Waals surface area contributed by atoms with Crippen LogP contribution >= 0.6 is 0 Å². The SMILES string of the molecule is Cc1cnn(C2CCN(CCC3CCC(C(=O)C(C)C)CC3)CC2)c1. The summed E-state index contributed by atoms with van der Waals surface area (Å²) in [5.41, 5.74) is 1.26. The number of hydrogen-bond acceptors (Lipinski definition) is 3. The van der Waals surface area contributed by atoms with Crippen LogP contribution in [0.4, 0.5) is 0 Å². The van der Waals surface area contributed by atoms with Crippen LogP contribution in [0.25, 0.3) is 0 Å². The molecule has 0 atom stereocenters. The molecule has 2 aliphatic rings. The highest BCUT2D eigenvalue weighted by Crippen LogP contribution is 2.33. The van der Waals surface area contributed by atoms with Crippen molar-refractivity contribution < 1.29 is 4.79 Å². The minimum absolute atomic E-state index is 0.210. The first-order valence-corrected chi connectivity index (χ1v) is 10.3. The summed E-state index contributed by atoms with van der Waals surface area (Å²) in [6, 6.07) is 0.586. The number of aryl methyl sites for hydroxylation is 1. The Bertz CT molecular complexity index is 549. The fraction of sp³-hybridized carbons (Fsp3) is 0.810. The van der Waals surface area contributed by atoms with Gasteiger partial charge in [-0.05, 0) is 69.9 Å². The van der Waals surface area contributed by atoms with Gasteiger partial charge in [-0.1, -0.05) is 13.8 Å². The normalized spacial score (nSPS) is 26.2. The third-order valence-corrected chi connectivity index (χ3v) is 6.33. The predicted octanol–water partition coefficient (Wildman–Crippen LogP) is 4.25. The van der Waals surface area contributed by atoms with E-state index in [0.717, 1.165) is 18.8 Å². The Kier molecular flexibility index (Phi) is 6.32. The summed E-state index contributed by atoms with van der Waals surface area (Å²) >= 11 is 0. The predicted molar refractivity (Wildman–Crippen MR) is 102 cm³/mol. The van der Waals surface area contributed by atoms with Crippen LogP contribution in [0.2, 0.25) is 0 Å². The second-order valence-electron chi connectivity index (χ2n) is 8.63. The first-order valence-electron chi connectivity index (χ1n) is 10.3. The summed E-state index contributed by atoms with van der Waals surface area (Å²) in [5, 5.41) is 4.49. The lowest BCUT2D eigenvalue weighted by Crippen LogP contribution is -2.36. The minimum atomic E-state index is 0.210. The number of likely N-dealkylation sites (tertiary alicyclic amines) is 1. The first-order chi connectivity index (χ1) is 12.0. The molecule has 0 aromatic carbocycles. The monoisotopic (exact) mass is 345 g/mol. The van der Waals surface area contributed by atoms with Gasteiger partial charge in [0.2, 0.25) is 0 Å².